The summed E-state index contributed by atoms with van der Waals surface area (Å²) in [6, 6.07) is 20.3. The zero-order valence-electron chi connectivity index (χ0n) is 14.0. The molecule has 3 rings (SSSR count). The monoisotopic (exact) mass is 352 g/mol. The van der Waals surface area contributed by atoms with Gasteiger partial charge in [-0.3, -0.25) is 4.90 Å². The number of benzene rings is 2. The van der Waals surface area contributed by atoms with Crippen LogP contribution in [0.4, 0.5) is 0 Å². The lowest BCUT2D eigenvalue weighted by molar-refractivity contribution is 0.177. The Labute approximate surface area is 152 Å². The minimum Gasteiger partial charge on any atom is -0.307 e. The molecule has 2 unspecified atom stereocenters. The maximum absolute atomic E-state index is 2.50. The van der Waals surface area contributed by atoms with E-state index in [-0.39, 0.29) is 24.8 Å². The number of nitrogens with zero attached hydrogens (tertiary/aromatic N) is 2. The van der Waals surface area contributed by atoms with Crippen molar-refractivity contribution in [3.63, 3.8) is 0 Å². The van der Waals surface area contributed by atoms with Crippen LogP contribution < -0.4 is 0 Å². The molecule has 1 aliphatic heterocycles. The molecular weight excluding hydrogens is 327 g/mol. The highest BCUT2D eigenvalue weighted by Crippen LogP contribution is 2.38. The predicted octanol–water partition coefficient (Wildman–Crippen LogP) is 4.21. The number of rotatable bonds is 3. The zero-order valence-corrected chi connectivity index (χ0v) is 15.6. The van der Waals surface area contributed by atoms with Crippen LogP contribution in [-0.4, -0.2) is 44.0 Å². The van der Waals surface area contributed by atoms with Crippen LogP contribution in [0.2, 0.25) is 0 Å². The molecule has 4 heteroatoms. The van der Waals surface area contributed by atoms with Gasteiger partial charge in [0.25, 0.3) is 0 Å². The normalized spacial score (nSPS) is 20.3. The van der Waals surface area contributed by atoms with E-state index in [0.717, 1.165) is 13.1 Å². The van der Waals surface area contributed by atoms with Crippen molar-refractivity contribution in [2.75, 3.05) is 34.2 Å². The van der Waals surface area contributed by atoms with Crippen molar-refractivity contribution < 1.29 is 0 Å². The zero-order chi connectivity index (χ0) is 14.8. The van der Waals surface area contributed by atoms with Crippen LogP contribution in [0.5, 0.6) is 0 Å². The van der Waals surface area contributed by atoms with Crippen molar-refractivity contribution in [1.29, 1.82) is 0 Å². The highest BCUT2D eigenvalue weighted by molar-refractivity contribution is 5.85. The molecule has 0 saturated heterocycles. The Morgan fingerprint density at radius 2 is 1.48 bits per heavy atom. The fourth-order valence-electron chi connectivity index (χ4n) is 3.44. The van der Waals surface area contributed by atoms with Gasteiger partial charge in [0.1, 0.15) is 0 Å². The van der Waals surface area contributed by atoms with E-state index in [2.05, 4.69) is 85.5 Å². The Hall–Kier alpha value is -1.06. The summed E-state index contributed by atoms with van der Waals surface area (Å²) in [6.45, 7) is 2.15. The lowest BCUT2D eigenvalue weighted by Crippen LogP contribution is -2.40. The second kappa shape index (κ2) is 8.70. The topological polar surface area (TPSA) is 6.48 Å². The standard InChI is InChI=1S/C19H24N2.2ClH/c1-20(2)14-19-17-12-8-7-11-16(17)18(13-21(19)3)15-9-5-4-6-10-15;;/h4-12,18-19H,13-14H2,1-3H3;2*1H. The van der Waals surface area contributed by atoms with Crippen LogP contribution in [0.1, 0.15) is 28.7 Å². The van der Waals surface area contributed by atoms with E-state index in [1.54, 1.807) is 0 Å². The third-order valence-electron chi connectivity index (χ3n) is 4.47. The summed E-state index contributed by atoms with van der Waals surface area (Å²) in [4.78, 5) is 4.78. The molecule has 0 N–H and O–H groups in total. The van der Waals surface area contributed by atoms with Gasteiger partial charge in [-0.05, 0) is 37.8 Å². The number of likely N-dealkylation sites (N-methyl/N-ethyl adjacent to an activating group) is 2. The van der Waals surface area contributed by atoms with Crippen LogP contribution in [-0.2, 0) is 0 Å². The molecular formula is C19H26Cl2N2. The van der Waals surface area contributed by atoms with E-state index < -0.39 is 0 Å². The Morgan fingerprint density at radius 3 is 2.09 bits per heavy atom. The lowest BCUT2D eigenvalue weighted by atomic mass is 9.81. The van der Waals surface area contributed by atoms with Gasteiger partial charge in [-0.15, -0.1) is 24.8 Å². The molecule has 0 aliphatic carbocycles. The van der Waals surface area contributed by atoms with Gasteiger partial charge in [0.2, 0.25) is 0 Å². The SMILES string of the molecule is CN(C)CC1c2ccccc2C(c2ccccc2)CN1C.Cl.Cl. The molecule has 0 spiro atoms. The molecule has 2 atom stereocenters. The summed E-state index contributed by atoms with van der Waals surface area (Å²) in [5.41, 5.74) is 4.39. The first-order chi connectivity index (χ1) is 10.2. The largest absolute Gasteiger partial charge is 0.307 e. The van der Waals surface area contributed by atoms with Gasteiger partial charge < -0.3 is 4.90 Å². The van der Waals surface area contributed by atoms with Gasteiger partial charge >= 0.3 is 0 Å². The Bertz CT molecular complexity index is 601. The van der Waals surface area contributed by atoms with E-state index in [0.29, 0.717) is 12.0 Å². The van der Waals surface area contributed by atoms with Gasteiger partial charge in [0.05, 0.1) is 0 Å². The first-order valence-electron chi connectivity index (χ1n) is 7.65. The summed E-state index contributed by atoms with van der Waals surface area (Å²) in [5.74, 6) is 0.478. The van der Waals surface area contributed by atoms with Gasteiger partial charge in [-0.25, -0.2) is 0 Å². The molecule has 0 bridgehead atoms. The molecule has 2 aromatic rings. The molecule has 126 valence electrons. The molecule has 0 fully saturated rings. The van der Waals surface area contributed by atoms with Gasteiger partial charge in [-0.1, -0.05) is 54.6 Å². The van der Waals surface area contributed by atoms with Gasteiger partial charge in [0.15, 0.2) is 0 Å². The molecule has 2 nitrogen and oxygen atoms in total. The third kappa shape index (κ3) is 4.27. The summed E-state index contributed by atoms with van der Waals surface area (Å²) in [5, 5.41) is 0. The summed E-state index contributed by atoms with van der Waals surface area (Å²) in [7, 11) is 6.56. The second-order valence-electron chi connectivity index (χ2n) is 6.31. The van der Waals surface area contributed by atoms with Crippen LogP contribution >= 0.6 is 24.8 Å². The van der Waals surface area contributed by atoms with Crippen LogP contribution in [0.25, 0.3) is 0 Å². The molecule has 0 aromatic heterocycles. The summed E-state index contributed by atoms with van der Waals surface area (Å²) in [6.07, 6.45) is 0. The first-order valence-corrected chi connectivity index (χ1v) is 7.65. The maximum Gasteiger partial charge on any atom is 0.0475 e. The molecule has 23 heavy (non-hydrogen) atoms. The molecule has 1 heterocycles. The minimum absolute atomic E-state index is 0. The smallest absolute Gasteiger partial charge is 0.0475 e. The van der Waals surface area contributed by atoms with Crippen molar-refractivity contribution >= 4 is 24.8 Å². The number of hydrogen-bond donors (Lipinski definition) is 0. The quantitative estimate of drug-likeness (QED) is 0.816. The van der Waals surface area contributed by atoms with Crippen molar-refractivity contribution in [1.82, 2.24) is 9.80 Å². The molecule has 1 aliphatic rings. The van der Waals surface area contributed by atoms with Crippen molar-refractivity contribution in [2.45, 2.75) is 12.0 Å². The minimum atomic E-state index is 0. The Kier molecular flexibility index (Phi) is 7.56. The highest BCUT2D eigenvalue weighted by Gasteiger charge is 2.31. The predicted molar refractivity (Wildman–Crippen MR) is 103 cm³/mol. The van der Waals surface area contributed by atoms with E-state index in [9.17, 15) is 0 Å². The van der Waals surface area contributed by atoms with E-state index in [1.165, 1.54) is 16.7 Å². The van der Waals surface area contributed by atoms with Crippen molar-refractivity contribution in [3.05, 3.63) is 71.3 Å². The van der Waals surface area contributed by atoms with Crippen LogP contribution in [0.3, 0.4) is 0 Å². The Balaban J connectivity index is 0.00000132. The van der Waals surface area contributed by atoms with Gasteiger partial charge in [-0.2, -0.15) is 0 Å². The summed E-state index contributed by atoms with van der Waals surface area (Å²) < 4.78 is 0. The van der Waals surface area contributed by atoms with Crippen molar-refractivity contribution in [3.8, 4) is 0 Å². The maximum atomic E-state index is 2.50. The van der Waals surface area contributed by atoms with E-state index >= 15 is 0 Å². The lowest BCUT2D eigenvalue weighted by Gasteiger charge is -2.40. The molecule has 0 radical (unpaired) electrons. The second-order valence-corrected chi connectivity index (χ2v) is 6.31. The number of halogens is 2. The fourth-order valence-corrected chi connectivity index (χ4v) is 3.44. The van der Waals surface area contributed by atoms with E-state index in [1.807, 2.05) is 0 Å². The fraction of sp³-hybridized carbons (Fsp3) is 0.368. The van der Waals surface area contributed by atoms with Crippen molar-refractivity contribution in [2.24, 2.45) is 0 Å². The highest BCUT2D eigenvalue weighted by atomic mass is 35.5. The third-order valence-corrected chi connectivity index (χ3v) is 4.47. The number of hydrogen-bond acceptors (Lipinski definition) is 2. The number of fused-ring (bicyclic) bond motifs is 1. The molecule has 2 aromatic carbocycles. The average molecular weight is 353 g/mol. The van der Waals surface area contributed by atoms with Crippen LogP contribution in [0.15, 0.2) is 54.6 Å². The molecule has 0 amide bonds. The molecule has 0 saturated carbocycles. The van der Waals surface area contributed by atoms with E-state index in [4.69, 9.17) is 0 Å². The average Bonchev–Trinajstić information content (AvgIpc) is 2.50. The first kappa shape index (κ1) is 20.0. The van der Waals surface area contributed by atoms with Crippen LogP contribution in [0, 0.1) is 0 Å². The summed E-state index contributed by atoms with van der Waals surface area (Å²) >= 11 is 0. The van der Waals surface area contributed by atoms with Gasteiger partial charge in [0, 0.05) is 25.0 Å². The Morgan fingerprint density at radius 1 is 0.913 bits per heavy atom.